The van der Waals surface area contributed by atoms with Crippen LogP contribution in [0, 0.1) is 12.7 Å². The van der Waals surface area contributed by atoms with E-state index >= 15 is 0 Å². The molecule has 1 N–H and O–H groups in total. The molecule has 4 rings (SSSR count). The van der Waals surface area contributed by atoms with E-state index < -0.39 is 40.2 Å². The van der Waals surface area contributed by atoms with Crippen molar-refractivity contribution < 1.29 is 31.9 Å². The standard InChI is InChI=1S/C37H42FN3O6S/c1-6-27(3)39-37(43)34(22-28-10-8-7-9-11-28)40(24-29-14-16-30(38)17-15-29)36(42)25-41(33-23-31(46-4)18-21-35(33)47-5)48(44,45)32-19-12-26(2)13-20-32/h7-21,23,27,34H,6,22,24-25H2,1-5H3,(H,39,43)/t27-,34-/m1/s1. The molecule has 0 saturated heterocycles. The van der Waals surface area contributed by atoms with Gasteiger partial charge < -0.3 is 19.7 Å². The van der Waals surface area contributed by atoms with Gasteiger partial charge in [0.15, 0.2) is 0 Å². The van der Waals surface area contributed by atoms with Crippen molar-refractivity contribution in [3.05, 3.63) is 120 Å². The maximum absolute atomic E-state index is 14.7. The number of carbonyl (C=O) groups is 2. The van der Waals surface area contributed by atoms with Gasteiger partial charge in [-0.3, -0.25) is 13.9 Å². The highest BCUT2D eigenvalue weighted by Crippen LogP contribution is 2.36. The van der Waals surface area contributed by atoms with Gasteiger partial charge in [0.05, 0.1) is 24.8 Å². The minimum absolute atomic E-state index is 0.0359. The molecule has 0 bridgehead atoms. The van der Waals surface area contributed by atoms with Gasteiger partial charge in [0, 0.05) is 25.1 Å². The topological polar surface area (TPSA) is 105 Å². The van der Waals surface area contributed by atoms with Crippen LogP contribution in [0.3, 0.4) is 0 Å². The number of rotatable bonds is 15. The highest BCUT2D eigenvalue weighted by atomic mass is 32.2. The lowest BCUT2D eigenvalue weighted by molar-refractivity contribution is -0.140. The monoisotopic (exact) mass is 675 g/mol. The maximum Gasteiger partial charge on any atom is 0.264 e. The summed E-state index contributed by atoms with van der Waals surface area (Å²) in [6.45, 7) is 4.89. The van der Waals surface area contributed by atoms with Crippen molar-refractivity contribution in [2.45, 2.75) is 57.1 Å². The van der Waals surface area contributed by atoms with Crippen molar-refractivity contribution >= 4 is 27.5 Å². The summed E-state index contributed by atoms with van der Waals surface area (Å²) >= 11 is 0. The molecule has 11 heteroatoms. The summed E-state index contributed by atoms with van der Waals surface area (Å²) in [5.74, 6) is -0.955. The van der Waals surface area contributed by atoms with Crippen LogP contribution in [-0.4, -0.2) is 58.0 Å². The van der Waals surface area contributed by atoms with Crippen LogP contribution in [0.4, 0.5) is 10.1 Å². The number of benzene rings is 4. The van der Waals surface area contributed by atoms with E-state index in [1.54, 1.807) is 24.3 Å². The smallest absolute Gasteiger partial charge is 0.264 e. The molecule has 0 aromatic heterocycles. The summed E-state index contributed by atoms with van der Waals surface area (Å²) < 4.78 is 54.6. The van der Waals surface area contributed by atoms with Crippen molar-refractivity contribution in [2.24, 2.45) is 0 Å². The number of nitrogens with zero attached hydrogens (tertiary/aromatic N) is 2. The van der Waals surface area contributed by atoms with Crippen LogP contribution in [0.5, 0.6) is 11.5 Å². The number of amides is 2. The number of hydrogen-bond acceptors (Lipinski definition) is 6. The fourth-order valence-electron chi connectivity index (χ4n) is 5.12. The Morgan fingerprint density at radius 2 is 1.54 bits per heavy atom. The molecule has 48 heavy (non-hydrogen) atoms. The third kappa shape index (κ3) is 8.92. The molecule has 0 heterocycles. The van der Waals surface area contributed by atoms with Crippen molar-refractivity contribution in [1.29, 1.82) is 0 Å². The predicted molar refractivity (Wildman–Crippen MR) is 184 cm³/mol. The average molecular weight is 676 g/mol. The predicted octanol–water partition coefficient (Wildman–Crippen LogP) is 5.90. The summed E-state index contributed by atoms with van der Waals surface area (Å²) in [6.07, 6.45) is 0.817. The van der Waals surface area contributed by atoms with Crippen LogP contribution in [0.25, 0.3) is 0 Å². The minimum Gasteiger partial charge on any atom is -0.497 e. The first kappa shape index (κ1) is 35.9. The average Bonchev–Trinajstić information content (AvgIpc) is 3.09. The van der Waals surface area contributed by atoms with Gasteiger partial charge in [-0.15, -0.1) is 0 Å². The molecule has 9 nitrogen and oxygen atoms in total. The van der Waals surface area contributed by atoms with Crippen LogP contribution in [-0.2, 0) is 32.6 Å². The number of halogens is 1. The van der Waals surface area contributed by atoms with Crippen molar-refractivity contribution in [3.8, 4) is 11.5 Å². The number of methoxy groups -OCH3 is 2. The van der Waals surface area contributed by atoms with E-state index in [0.29, 0.717) is 17.7 Å². The number of anilines is 1. The number of ether oxygens (including phenoxy) is 2. The molecule has 2 atom stereocenters. The zero-order valence-corrected chi connectivity index (χ0v) is 28.7. The van der Waals surface area contributed by atoms with Gasteiger partial charge >= 0.3 is 0 Å². The Labute approximate surface area is 282 Å². The molecule has 0 fully saturated rings. The molecule has 0 radical (unpaired) electrons. The van der Waals surface area contributed by atoms with Crippen LogP contribution in [0.1, 0.15) is 37.0 Å². The van der Waals surface area contributed by atoms with E-state index in [1.165, 1.54) is 61.6 Å². The van der Waals surface area contributed by atoms with Gasteiger partial charge in [0.25, 0.3) is 10.0 Å². The van der Waals surface area contributed by atoms with Gasteiger partial charge in [0.2, 0.25) is 11.8 Å². The summed E-state index contributed by atoms with van der Waals surface area (Å²) in [5, 5.41) is 3.00. The molecule has 4 aromatic rings. The van der Waals surface area contributed by atoms with E-state index in [4.69, 9.17) is 9.47 Å². The first-order valence-electron chi connectivity index (χ1n) is 15.7. The minimum atomic E-state index is -4.36. The van der Waals surface area contributed by atoms with Crippen LogP contribution < -0.4 is 19.1 Å². The molecule has 0 aliphatic rings. The summed E-state index contributed by atoms with van der Waals surface area (Å²) in [4.78, 5) is 30.0. The fourth-order valence-corrected chi connectivity index (χ4v) is 6.54. The van der Waals surface area contributed by atoms with Gasteiger partial charge in [0.1, 0.15) is 29.9 Å². The van der Waals surface area contributed by atoms with Gasteiger partial charge in [-0.2, -0.15) is 0 Å². The van der Waals surface area contributed by atoms with E-state index in [1.807, 2.05) is 51.1 Å². The first-order chi connectivity index (χ1) is 23.0. The van der Waals surface area contributed by atoms with E-state index in [0.717, 1.165) is 15.4 Å². The van der Waals surface area contributed by atoms with Crippen molar-refractivity contribution in [3.63, 3.8) is 0 Å². The summed E-state index contributed by atoms with van der Waals surface area (Å²) in [5.41, 5.74) is 2.30. The van der Waals surface area contributed by atoms with E-state index in [2.05, 4.69) is 5.32 Å². The zero-order chi connectivity index (χ0) is 34.8. The summed E-state index contributed by atoms with van der Waals surface area (Å²) in [7, 11) is -1.51. The Hall–Kier alpha value is -4.90. The highest BCUT2D eigenvalue weighted by Gasteiger charge is 2.36. The second-order valence-electron chi connectivity index (χ2n) is 11.5. The molecule has 4 aromatic carbocycles. The van der Waals surface area contributed by atoms with Crippen LogP contribution in [0.2, 0.25) is 0 Å². The largest absolute Gasteiger partial charge is 0.497 e. The number of hydrogen-bond donors (Lipinski definition) is 1. The number of nitrogens with one attached hydrogen (secondary N) is 1. The van der Waals surface area contributed by atoms with E-state index in [-0.39, 0.29) is 35.3 Å². The number of aryl methyl sites for hydroxylation is 1. The third-order valence-electron chi connectivity index (χ3n) is 8.08. The van der Waals surface area contributed by atoms with Crippen molar-refractivity contribution in [2.75, 3.05) is 25.1 Å². The van der Waals surface area contributed by atoms with Gasteiger partial charge in [-0.1, -0.05) is 67.1 Å². The second-order valence-corrected chi connectivity index (χ2v) is 13.4. The lowest BCUT2D eigenvalue weighted by atomic mass is 10.0. The second kappa shape index (κ2) is 16.3. The molecule has 0 spiro atoms. The van der Waals surface area contributed by atoms with Gasteiger partial charge in [-0.05, 0) is 67.8 Å². The zero-order valence-electron chi connectivity index (χ0n) is 27.9. The number of sulfonamides is 1. The SMILES string of the molecule is CC[C@@H](C)NC(=O)[C@@H](Cc1ccccc1)N(Cc1ccc(F)cc1)C(=O)CN(c1cc(OC)ccc1OC)S(=O)(=O)c1ccc(C)cc1. The van der Waals surface area contributed by atoms with Crippen LogP contribution in [0.15, 0.2) is 102 Å². The molecule has 2 amide bonds. The quantitative estimate of drug-likeness (QED) is 0.168. The van der Waals surface area contributed by atoms with Crippen LogP contribution >= 0.6 is 0 Å². The Bertz CT molecular complexity index is 1780. The Balaban J connectivity index is 1.87. The highest BCUT2D eigenvalue weighted by molar-refractivity contribution is 7.92. The summed E-state index contributed by atoms with van der Waals surface area (Å²) in [6, 6.07) is 24.6. The fraction of sp³-hybridized carbons (Fsp3) is 0.297. The lowest BCUT2D eigenvalue weighted by Gasteiger charge is -2.34. The van der Waals surface area contributed by atoms with Crippen molar-refractivity contribution in [1.82, 2.24) is 10.2 Å². The molecule has 254 valence electrons. The first-order valence-corrected chi connectivity index (χ1v) is 17.1. The van der Waals surface area contributed by atoms with Gasteiger partial charge in [-0.25, -0.2) is 12.8 Å². The Kier molecular flexibility index (Phi) is 12.2. The molecular formula is C37H42FN3O6S. The molecule has 0 aliphatic heterocycles. The van der Waals surface area contributed by atoms with E-state index in [9.17, 15) is 22.4 Å². The lowest BCUT2D eigenvalue weighted by Crippen LogP contribution is -2.54. The molecular weight excluding hydrogens is 633 g/mol. The number of carbonyl (C=O) groups excluding carboxylic acids is 2. The molecule has 0 aliphatic carbocycles. The Morgan fingerprint density at radius 1 is 0.875 bits per heavy atom. The Morgan fingerprint density at radius 3 is 2.15 bits per heavy atom. The molecule has 0 saturated carbocycles. The normalized spacial score (nSPS) is 12.5. The third-order valence-corrected chi connectivity index (χ3v) is 9.85. The maximum atomic E-state index is 14.7. The molecule has 0 unspecified atom stereocenters.